The molecule has 27 heavy (non-hydrogen) atoms. The summed E-state index contributed by atoms with van der Waals surface area (Å²) in [5.74, 6) is -0.453. The number of benzene rings is 2. The van der Waals surface area contributed by atoms with E-state index in [2.05, 4.69) is 5.32 Å². The van der Waals surface area contributed by atoms with E-state index in [-0.39, 0.29) is 5.78 Å². The molecule has 1 atom stereocenters. The summed E-state index contributed by atoms with van der Waals surface area (Å²) in [4.78, 5) is 25.8. The SMILES string of the molecule is O=C1CCCC2=C1C(c1ccccc1Cl)c1c(c3ccccc3oc1=O)N2. The minimum Gasteiger partial charge on any atom is -0.422 e. The summed E-state index contributed by atoms with van der Waals surface area (Å²) in [6.45, 7) is 0. The van der Waals surface area contributed by atoms with Gasteiger partial charge in [-0.2, -0.15) is 0 Å². The molecule has 1 aliphatic carbocycles. The van der Waals surface area contributed by atoms with Gasteiger partial charge in [0.05, 0.1) is 11.3 Å². The number of halogens is 1. The fourth-order valence-electron chi connectivity index (χ4n) is 4.20. The molecule has 0 radical (unpaired) electrons. The maximum Gasteiger partial charge on any atom is 0.342 e. The highest BCUT2D eigenvalue weighted by atomic mass is 35.5. The molecule has 4 nitrogen and oxygen atoms in total. The normalized spacial score (nSPS) is 18.9. The average molecular weight is 378 g/mol. The van der Waals surface area contributed by atoms with Crippen LogP contribution in [0.3, 0.4) is 0 Å². The number of hydrogen-bond acceptors (Lipinski definition) is 4. The van der Waals surface area contributed by atoms with Crippen molar-refractivity contribution in [1.82, 2.24) is 0 Å². The molecule has 2 aliphatic rings. The van der Waals surface area contributed by atoms with Crippen molar-refractivity contribution in [2.75, 3.05) is 5.32 Å². The lowest BCUT2D eigenvalue weighted by atomic mass is 9.75. The quantitative estimate of drug-likeness (QED) is 0.605. The van der Waals surface area contributed by atoms with Crippen molar-refractivity contribution in [3.05, 3.63) is 86.4 Å². The standard InChI is InChI=1S/C22H16ClNO3/c23-14-8-3-1-6-12(14)18-19-15(9-5-10-16(19)25)24-21-13-7-2-4-11-17(13)27-22(26)20(18)21/h1-4,6-8,11,18,24H,5,9-10H2. The van der Waals surface area contributed by atoms with Gasteiger partial charge in [-0.1, -0.05) is 41.9 Å². The number of carbonyl (C=O) groups excluding carboxylic acids is 1. The third-order valence-corrected chi connectivity index (χ3v) is 5.72. The number of ketones is 1. The summed E-state index contributed by atoms with van der Waals surface area (Å²) in [5, 5.41) is 4.75. The predicted octanol–water partition coefficient (Wildman–Crippen LogP) is 5.01. The molecule has 134 valence electrons. The zero-order valence-corrected chi connectivity index (χ0v) is 15.2. The fraction of sp³-hybridized carbons (Fsp3) is 0.182. The molecular formula is C22H16ClNO3. The van der Waals surface area contributed by atoms with Gasteiger partial charge in [0, 0.05) is 34.0 Å². The van der Waals surface area contributed by atoms with E-state index in [4.69, 9.17) is 16.0 Å². The van der Waals surface area contributed by atoms with Crippen LogP contribution in [0.5, 0.6) is 0 Å². The van der Waals surface area contributed by atoms with Crippen LogP contribution in [0.15, 0.2) is 69.0 Å². The van der Waals surface area contributed by atoms with Crippen LogP contribution in [0.25, 0.3) is 11.0 Å². The highest BCUT2D eigenvalue weighted by Crippen LogP contribution is 2.47. The molecule has 2 aromatic carbocycles. The number of fused-ring (bicyclic) bond motifs is 3. The molecule has 0 fully saturated rings. The second-order valence-electron chi connectivity index (χ2n) is 6.92. The van der Waals surface area contributed by atoms with Crippen molar-refractivity contribution in [1.29, 1.82) is 0 Å². The zero-order chi connectivity index (χ0) is 18.5. The summed E-state index contributed by atoms with van der Waals surface area (Å²) >= 11 is 6.49. The molecule has 2 heterocycles. The number of allylic oxidation sites excluding steroid dienone is 2. The maximum atomic E-state index is 13.0. The topological polar surface area (TPSA) is 59.3 Å². The molecule has 5 rings (SSSR count). The van der Waals surface area contributed by atoms with Crippen molar-refractivity contribution in [3.63, 3.8) is 0 Å². The van der Waals surface area contributed by atoms with Gasteiger partial charge in [-0.15, -0.1) is 0 Å². The third-order valence-electron chi connectivity index (χ3n) is 5.37. The fourth-order valence-corrected chi connectivity index (χ4v) is 4.45. The zero-order valence-electron chi connectivity index (χ0n) is 14.4. The molecule has 0 saturated heterocycles. The van der Waals surface area contributed by atoms with Gasteiger partial charge in [0.25, 0.3) is 0 Å². The average Bonchev–Trinajstić information content (AvgIpc) is 2.67. The van der Waals surface area contributed by atoms with E-state index in [0.717, 1.165) is 35.2 Å². The Morgan fingerprint density at radius 1 is 1.00 bits per heavy atom. The molecule has 1 unspecified atom stereocenters. The minimum atomic E-state index is -0.515. The summed E-state index contributed by atoms with van der Waals surface area (Å²) in [6.07, 6.45) is 2.06. The molecule has 1 aromatic heterocycles. The predicted molar refractivity (Wildman–Crippen MR) is 105 cm³/mol. The third kappa shape index (κ3) is 2.44. The molecular weight excluding hydrogens is 362 g/mol. The van der Waals surface area contributed by atoms with Gasteiger partial charge in [0.1, 0.15) is 5.58 Å². The number of carbonyl (C=O) groups is 1. The Labute approximate surface area is 160 Å². The van der Waals surface area contributed by atoms with Crippen LogP contribution in [0.4, 0.5) is 5.69 Å². The van der Waals surface area contributed by atoms with E-state index < -0.39 is 11.5 Å². The lowest BCUT2D eigenvalue weighted by Gasteiger charge is -2.33. The first kappa shape index (κ1) is 16.3. The Hall–Kier alpha value is -2.85. The lowest BCUT2D eigenvalue weighted by Crippen LogP contribution is -2.31. The Morgan fingerprint density at radius 3 is 2.63 bits per heavy atom. The number of hydrogen-bond donors (Lipinski definition) is 1. The van der Waals surface area contributed by atoms with Crippen LogP contribution in [-0.4, -0.2) is 5.78 Å². The van der Waals surface area contributed by atoms with E-state index in [1.54, 1.807) is 12.1 Å². The van der Waals surface area contributed by atoms with Crippen molar-refractivity contribution in [3.8, 4) is 0 Å². The summed E-state index contributed by atoms with van der Waals surface area (Å²) in [6, 6.07) is 14.8. The van der Waals surface area contributed by atoms with Gasteiger partial charge in [-0.05, 0) is 36.6 Å². The number of anilines is 1. The first-order chi connectivity index (χ1) is 13.1. The van der Waals surface area contributed by atoms with Crippen LogP contribution in [0.1, 0.15) is 36.3 Å². The van der Waals surface area contributed by atoms with Gasteiger partial charge in [-0.3, -0.25) is 4.79 Å². The van der Waals surface area contributed by atoms with E-state index in [0.29, 0.717) is 28.2 Å². The van der Waals surface area contributed by atoms with Gasteiger partial charge in [0.2, 0.25) is 0 Å². The van der Waals surface area contributed by atoms with Crippen LogP contribution >= 0.6 is 11.6 Å². The van der Waals surface area contributed by atoms with Crippen LogP contribution < -0.4 is 10.9 Å². The smallest absolute Gasteiger partial charge is 0.342 e. The highest BCUT2D eigenvalue weighted by molar-refractivity contribution is 6.31. The Morgan fingerprint density at radius 2 is 1.78 bits per heavy atom. The molecule has 0 amide bonds. The molecule has 0 spiro atoms. The maximum absolute atomic E-state index is 13.0. The van der Waals surface area contributed by atoms with Gasteiger partial charge in [-0.25, -0.2) is 4.79 Å². The molecule has 0 bridgehead atoms. The molecule has 1 N–H and O–H groups in total. The lowest BCUT2D eigenvalue weighted by molar-refractivity contribution is -0.116. The minimum absolute atomic E-state index is 0.0619. The Kier molecular flexibility index (Phi) is 3.69. The Bertz CT molecular complexity index is 1190. The van der Waals surface area contributed by atoms with E-state index in [9.17, 15) is 9.59 Å². The van der Waals surface area contributed by atoms with Gasteiger partial charge in [0.15, 0.2) is 5.78 Å². The van der Waals surface area contributed by atoms with E-state index in [1.807, 2.05) is 36.4 Å². The first-order valence-electron chi connectivity index (χ1n) is 8.98. The first-order valence-corrected chi connectivity index (χ1v) is 9.36. The number of nitrogens with one attached hydrogen (secondary N) is 1. The summed E-state index contributed by atoms with van der Waals surface area (Å²) in [7, 11) is 0. The molecule has 5 heteroatoms. The van der Waals surface area contributed by atoms with Crippen LogP contribution in [-0.2, 0) is 4.79 Å². The van der Waals surface area contributed by atoms with Crippen molar-refractivity contribution in [2.24, 2.45) is 0 Å². The second kappa shape index (κ2) is 6.10. The van der Waals surface area contributed by atoms with E-state index >= 15 is 0 Å². The molecule has 1 aliphatic heterocycles. The highest BCUT2D eigenvalue weighted by Gasteiger charge is 2.39. The molecule has 3 aromatic rings. The van der Waals surface area contributed by atoms with Gasteiger partial charge >= 0.3 is 5.63 Å². The summed E-state index contributed by atoms with van der Waals surface area (Å²) in [5.41, 5.74) is 3.55. The van der Waals surface area contributed by atoms with Crippen molar-refractivity contribution >= 4 is 34.0 Å². The van der Waals surface area contributed by atoms with Crippen molar-refractivity contribution in [2.45, 2.75) is 25.2 Å². The number of Topliss-reactive ketones (excluding diaryl/α,β-unsaturated/α-hetero) is 1. The monoisotopic (exact) mass is 377 g/mol. The largest absolute Gasteiger partial charge is 0.422 e. The van der Waals surface area contributed by atoms with Crippen LogP contribution in [0.2, 0.25) is 5.02 Å². The van der Waals surface area contributed by atoms with Gasteiger partial charge < -0.3 is 9.73 Å². The molecule has 0 saturated carbocycles. The van der Waals surface area contributed by atoms with E-state index in [1.165, 1.54) is 0 Å². The Balaban J connectivity index is 1.89. The number of rotatable bonds is 1. The second-order valence-corrected chi connectivity index (χ2v) is 7.33. The van der Waals surface area contributed by atoms with Crippen molar-refractivity contribution < 1.29 is 9.21 Å². The van der Waals surface area contributed by atoms with Crippen LogP contribution in [0, 0.1) is 0 Å². The number of para-hydroxylation sites is 1. The summed E-state index contributed by atoms with van der Waals surface area (Å²) < 4.78 is 5.59.